The van der Waals surface area contributed by atoms with Crippen LogP contribution < -0.4 is 14.3 Å². The fourth-order valence-electron chi connectivity index (χ4n) is 4.37. The summed E-state index contributed by atoms with van der Waals surface area (Å²) in [5, 5.41) is 0.413. The van der Waals surface area contributed by atoms with Gasteiger partial charge in [0.25, 0.3) is 5.91 Å². The second-order valence-electron chi connectivity index (χ2n) is 8.42. The standard InChI is InChI=1S/C24H24ClN3O7S2/c1-2-33-22(29)14-27-18-12-19-20(35-11-10-34-19)13-21(18)36-24(27)26-23(30)17-4-3-9-28(17)37(31,32)16-7-5-15(25)6-8-16/h5-8,12-13,17H,2-4,9-11,14H2,1H3. The van der Waals surface area contributed by atoms with Crippen LogP contribution in [0.4, 0.5) is 0 Å². The van der Waals surface area contributed by atoms with Gasteiger partial charge in [-0.1, -0.05) is 22.9 Å². The second kappa shape index (κ2) is 10.4. The summed E-state index contributed by atoms with van der Waals surface area (Å²) in [5.74, 6) is 0.00973. The van der Waals surface area contributed by atoms with Gasteiger partial charge in [-0.15, -0.1) is 0 Å². The van der Waals surface area contributed by atoms with Crippen LogP contribution in [0.5, 0.6) is 11.5 Å². The Morgan fingerprint density at radius 1 is 1.16 bits per heavy atom. The summed E-state index contributed by atoms with van der Waals surface area (Å²) in [4.78, 5) is 30.4. The third kappa shape index (κ3) is 5.11. The molecule has 0 radical (unpaired) electrons. The number of hydrogen-bond donors (Lipinski definition) is 0. The normalized spacial score (nSPS) is 18.3. The first kappa shape index (κ1) is 25.7. The van der Waals surface area contributed by atoms with Gasteiger partial charge in [-0.25, -0.2) is 8.42 Å². The fraction of sp³-hybridized carbons (Fsp3) is 0.375. The first-order valence-electron chi connectivity index (χ1n) is 11.7. The summed E-state index contributed by atoms with van der Waals surface area (Å²) in [7, 11) is -3.93. The van der Waals surface area contributed by atoms with Crippen molar-refractivity contribution in [2.24, 2.45) is 4.99 Å². The van der Waals surface area contributed by atoms with Crippen molar-refractivity contribution < 1.29 is 32.2 Å². The van der Waals surface area contributed by atoms with Crippen LogP contribution in [0, 0.1) is 0 Å². The molecule has 2 aromatic carbocycles. The number of benzene rings is 2. The smallest absolute Gasteiger partial charge is 0.326 e. The molecule has 1 saturated heterocycles. The van der Waals surface area contributed by atoms with Crippen molar-refractivity contribution in [3.05, 3.63) is 46.2 Å². The maximum atomic E-state index is 13.4. The van der Waals surface area contributed by atoms with Gasteiger partial charge in [-0.05, 0) is 44.0 Å². The Hall–Kier alpha value is -2.93. The van der Waals surface area contributed by atoms with Gasteiger partial charge in [-0.2, -0.15) is 9.30 Å². The highest BCUT2D eigenvalue weighted by molar-refractivity contribution is 7.89. The molecule has 1 aromatic heterocycles. The van der Waals surface area contributed by atoms with Crippen molar-refractivity contribution in [1.29, 1.82) is 0 Å². The van der Waals surface area contributed by atoms with Crippen molar-refractivity contribution >= 4 is 55.1 Å². The van der Waals surface area contributed by atoms with Crippen LogP contribution >= 0.6 is 22.9 Å². The molecule has 1 unspecified atom stereocenters. The molecular formula is C24H24ClN3O7S2. The number of halogens is 1. The molecule has 3 heterocycles. The van der Waals surface area contributed by atoms with Crippen LogP contribution in [0.2, 0.25) is 5.02 Å². The van der Waals surface area contributed by atoms with E-state index in [0.717, 1.165) is 4.70 Å². The minimum Gasteiger partial charge on any atom is -0.486 e. The molecule has 37 heavy (non-hydrogen) atoms. The lowest BCUT2D eigenvalue weighted by atomic mass is 10.2. The van der Waals surface area contributed by atoms with Crippen LogP contribution in [-0.4, -0.2) is 61.6 Å². The Morgan fingerprint density at radius 2 is 1.86 bits per heavy atom. The summed E-state index contributed by atoms with van der Waals surface area (Å²) in [6.07, 6.45) is 0.864. The Balaban J connectivity index is 1.54. The van der Waals surface area contributed by atoms with E-state index in [4.69, 9.17) is 25.8 Å². The number of carbonyl (C=O) groups is 2. The summed E-state index contributed by atoms with van der Waals surface area (Å²) in [6.45, 7) is 2.77. The molecule has 1 atom stereocenters. The highest BCUT2D eigenvalue weighted by Gasteiger charge is 2.39. The highest BCUT2D eigenvalue weighted by Crippen LogP contribution is 2.36. The molecule has 0 N–H and O–H groups in total. The van der Waals surface area contributed by atoms with Gasteiger partial charge in [0.1, 0.15) is 25.8 Å². The van der Waals surface area contributed by atoms with Crippen molar-refractivity contribution in [2.45, 2.75) is 37.2 Å². The van der Waals surface area contributed by atoms with Crippen LogP contribution in [0.1, 0.15) is 19.8 Å². The molecule has 1 fully saturated rings. The number of hydrogen-bond acceptors (Lipinski definition) is 8. The third-order valence-corrected chi connectivity index (χ3v) is 9.27. The SMILES string of the molecule is CCOC(=O)Cn1c(=NC(=O)C2CCCN2S(=O)(=O)c2ccc(Cl)cc2)sc2cc3c(cc21)OCCO3. The van der Waals surface area contributed by atoms with Crippen LogP contribution in [0.3, 0.4) is 0 Å². The van der Waals surface area contributed by atoms with Gasteiger partial charge in [-0.3, -0.25) is 9.59 Å². The average molecular weight is 566 g/mol. The van der Waals surface area contributed by atoms with Crippen molar-refractivity contribution in [1.82, 2.24) is 8.87 Å². The number of ether oxygens (including phenoxy) is 3. The number of nitrogens with zero attached hydrogens (tertiary/aromatic N) is 3. The molecule has 2 aliphatic heterocycles. The van der Waals surface area contributed by atoms with Gasteiger partial charge < -0.3 is 18.8 Å². The van der Waals surface area contributed by atoms with Crippen LogP contribution in [0.15, 0.2) is 46.3 Å². The summed E-state index contributed by atoms with van der Waals surface area (Å²) < 4.78 is 46.5. The predicted octanol–water partition coefficient (Wildman–Crippen LogP) is 2.97. The number of thiazole rings is 1. The molecule has 196 valence electrons. The molecular weight excluding hydrogens is 542 g/mol. The summed E-state index contributed by atoms with van der Waals surface area (Å²) in [6, 6.07) is 8.40. The summed E-state index contributed by atoms with van der Waals surface area (Å²) >= 11 is 7.11. The first-order chi connectivity index (χ1) is 17.8. The number of carbonyl (C=O) groups excluding carboxylic acids is 2. The van der Waals surface area contributed by atoms with E-state index in [9.17, 15) is 18.0 Å². The molecule has 0 saturated carbocycles. The van der Waals surface area contributed by atoms with Crippen molar-refractivity contribution in [3.63, 3.8) is 0 Å². The third-order valence-electron chi connectivity index (χ3n) is 6.05. The Bertz CT molecular complexity index is 1530. The quantitative estimate of drug-likeness (QED) is 0.422. The largest absolute Gasteiger partial charge is 0.486 e. The van der Waals surface area contributed by atoms with Gasteiger partial charge in [0, 0.05) is 23.7 Å². The molecule has 3 aromatic rings. The lowest BCUT2D eigenvalue weighted by molar-refractivity contribution is -0.143. The van der Waals surface area contributed by atoms with Crippen molar-refractivity contribution in [3.8, 4) is 11.5 Å². The maximum absolute atomic E-state index is 13.4. The zero-order valence-electron chi connectivity index (χ0n) is 19.9. The number of fused-ring (bicyclic) bond motifs is 2. The number of amides is 1. The lowest BCUT2D eigenvalue weighted by Crippen LogP contribution is -2.40. The van der Waals surface area contributed by atoms with E-state index in [-0.39, 0.29) is 29.4 Å². The van der Waals surface area contributed by atoms with Gasteiger partial charge in [0.2, 0.25) is 10.0 Å². The Morgan fingerprint density at radius 3 is 2.57 bits per heavy atom. The van der Waals surface area contributed by atoms with E-state index < -0.39 is 27.9 Å². The second-order valence-corrected chi connectivity index (χ2v) is 11.8. The number of rotatable bonds is 6. The van der Waals surface area contributed by atoms with E-state index in [0.29, 0.717) is 48.1 Å². The maximum Gasteiger partial charge on any atom is 0.326 e. The molecule has 2 aliphatic rings. The monoisotopic (exact) mass is 565 g/mol. The molecule has 10 nitrogen and oxygen atoms in total. The zero-order valence-corrected chi connectivity index (χ0v) is 22.3. The molecule has 0 bridgehead atoms. The number of aromatic nitrogens is 1. The number of esters is 1. The number of sulfonamides is 1. The van der Waals surface area contributed by atoms with Gasteiger partial charge >= 0.3 is 5.97 Å². The summed E-state index contributed by atoms with van der Waals surface area (Å²) in [5.41, 5.74) is 0.630. The minimum absolute atomic E-state index is 0.0569. The Labute approximate surface area is 222 Å². The molecule has 5 rings (SSSR count). The fourth-order valence-corrected chi connectivity index (χ4v) is 7.19. The van der Waals surface area contributed by atoms with E-state index in [2.05, 4.69) is 4.99 Å². The van der Waals surface area contributed by atoms with E-state index in [1.807, 2.05) is 0 Å². The van der Waals surface area contributed by atoms with Gasteiger partial charge in [0.05, 0.1) is 21.7 Å². The topological polar surface area (TPSA) is 116 Å². The Kier molecular flexibility index (Phi) is 7.26. The molecule has 1 amide bonds. The van der Waals surface area contributed by atoms with E-state index in [1.165, 1.54) is 39.9 Å². The minimum atomic E-state index is -3.93. The highest BCUT2D eigenvalue weighted by atomic mass is 35.5. The lowest BCUT2D eigenvalue weighted by Gasteiger charge is -2.21. The molecule has 13 heteroatoms. The van der Waals surface area contributed by atoms with Crippen LogP contribution in [-0.2, 0) is 30.9 Å². The van der Waals surface area contributed by atoms with E-state index in [1.54, 1.807) is 23.6 Å². The van der Waals surface area contributed by atoms with E-state index >= 15 is 0 Å². The molecule has 0 aliphatic carbocycles. The average Bonchev–Trinajstić information content (AvgIpc) is 3.49. The van der Waals surface area contributed by atoms with Crippen LogP contribution in [0.25, 0.3) is 10.2 Å². The zero-order chi connectivity index (χ0) is 26.2. The van der Waals surface area contributed by atoms with Gasteiger partial charge in [0.15, 0.2) is 16.3 Å². The predicted molar refractivity (Wildman–Crippen MR) is 136 cm³/mol. The molecule has 0 spiro atoms. The first-order valence-corrected chi connectivity index (χ1v) is 14.4. The van der Waals surface area contributed by atoms with Crippen molar-refractivity contribution in [2.75, 3.05) is 26.4 Å².